The lowest BCUT2D eigenvalue weighted by atomic mass is 10.2. The van der Waals surface area contributed by atoms with Gasteiger partial charge in [0.15, 0.2) is 5.82 Å². The Kier molecular flexibility index (Phi) is 3.78. The zero-order valence-corrected chi connectivity index (χ0v) is 11.5. The third-order valence-electron chi connectivity index (χ3n) is 2.52. The highest BCUT2D eigenvalue weighted by molar-refractivity contribution is 9.10. The van der Waals surface area contributed by atoms with E-state index in [1.165, 1.54) is 0 Å². The van der Waals surface area contributed by atoms with Crippen LogP contribution in [0, 0.1) is 0 Å². The lowest BCUT2D eigenvalue weighted by molar-refractivity contribution is 0.770. The maximum atomic E-state index is 4.26. The van der Waals surface area contributed by atoms with Gasteiger partial charge in [-0.25, -0.2) is 0 Å². The molecule has 2 rings (SSSR count). The topological polar surface area (TPSA) is 42.7 Å². The maximum Gasteiger partial charge on any atom is 0.224 e. The van der Waals surface area contributed by atoms with Gasteiger partial charge in [0, 0.05) is 23.1 Å². The number of nitrogens with zero attached hydrogens (tertiary/aromatic N) is 3. The number of hydrogen-bond donors (Lipinski definition) is 1. The van der Waals surface area contributed by atoms with Crippen molar-refractivity contribution < 1.29 is 0 Å². The lowest BCUT2D eigenvalue weighted by Gasteiger charge is -2.08. The van der Waals surface area contributed by atoms with Gasteiger partial charge in [0.1, 0.15) is 0 Å². The number of hydrogen-bond acceptors (Lipinski definition) is 3. The Labute approximate surface area is 109 Å². The van der Waals surface area contributed by atoms with Gasteiger partial charge >= 0.3 is 0 Å². The number of benzene rings is 1. The van der Waals surface area contributed by atoms with Crippen molar-refractivity contribution in [2.45, 2.75) is 20.4 Å². The van der Waals surface area contributed by atoms with Crippen molar-refractivity contribution in [3.63, 3.8) is 0 Å². The standard InChI is InChI=1S/C12H15BrN4/c1-3-14-12-16-15-11(17(12)4-2)9-7-5-6-8-10(9)13/h5-8H,3-4H2,1-2H3,(H,14,16). The average Bonchev–Trinajstić information content (AvgIpc) is 2.73. The summed E-state index contributed by atoms with van der Waals surface area (Å²) in [5.74, 6) is 1.71. The Morgan fingerprint density at radius 3 is 2.65 bits per heavy atom. The predicted octanol–water partition coefficient (Wildman–Crippen LogP) is 3.16. The number of nitrogens with one attached hydrogen (secondary N) is 1. The van der Waals surface area contributed by atoms with E-state index in [2.05, 4.69) is 42.9 Å². The molecule has 0 unspecified atom stereocenters. The van der Waals surface area contributed by atoms with Crippen LogP contribution in [0.1, 0.15) is 13.8 Å². The van der Waals surface area contributed by atoms with Gasteiger partial charge in [-0.05, 0) is 19.9 Å². The normalized spacial score (nSPS) is 10.5. The second kappa shape index (κ2) is 5.31. The molecule has 0 aliphatic heterocycles. The van der Waals surface area contributed by atoms with E-state index in [0.29, 0.717) is 0 Å². The van der Waals surface area contributed by atoms with Gasteiger partial charge in [-0.1, -0.05) is 34.1 Å². The van der Waals surface area contributed by atoms with Crippen molar-refractivity contribution in [3.05, 3.63) is 28.7 Å². The molecule has 0 aliphatic carbocycles. The molecule has 90 valence electrons. The van der Waals surface area contributed by atoms with Gasteiger partial charge < -0.3 is 5.32 Å². The number of rotatable bonds is 4. The SMILES string of the molecule is CCNc1nnc(-c2ccccc2Br)n1CC. The number of halogens is 1. The minimum absolute atomic E-state index is 0.820. The summed E-state index contributed by atoms with van der Waals surface area (Å²) in [4.78, 5) is 0. The van der Waals surface area contributed by atoms with Gasteiger partial charge in [-0.15, -0.1) is 10.2 Å². The molecule has 1 N–H and O–H groups in total. The van der Waals surface area contributed by atoms with E-state index in [1.54, 1.807) is 0 Å². The molecular weight excluding hydrogens is 280 g/mol. The van der Waals surface area contributed by atoms with E-state index in [-0.39, 0.29) is 0 Å². The first-order chi connectivity index (χ1) is 8.27. The molecule has 0 saturated heterocycles. The molecule has 0 radical (unpaired) electrons. The summed E-state index contributed by atoms with van der Waals surface area (Å²) in [7, 11) is 0. The molecule has 0 amide bonds. The molecule has 2 aromatic rings. The quantitative estimate of drug-likeness (QED) is 0.942. The first-order valence-electron chi connectivity index (χ1n) is 5.69. The Balaban J connectivity index is 2.49. The number of anilines is 1. The van der Waals surface area contributed by atoms with Crippen LogP contribution < -0.4 is 5.32 Å². The van der Waals surface area contributed by atoms with Gasteiger partial charge in [-0.2, -0.15) is 0 Å². The summed E-state index contributed by atoms with van der Waals surface area (Å²) >= 11 is 3.54. The molecule has 0 aliphatic rings. The number of aromatic nitrogens is 3. The summed E-state index contributed by atoms with van der Waals surface area (Å²) < 4.78 is 3.11. The summed E-state index contributed by atoms with van der Waals surface area (Å²) in [6, 6.07) is 8.04. The summed E-state index contributed by atoms with van der Waals surface area (Å²) in [6.45, 7) is 5.82. The van der Waals surface area contributed by atoms with E-state index >= 15 is 0 Å². The van der Waals surface area contributed by atoms with Crippen LogP contribution in [0.3, 0.4) is 0 Å². The lowest BCUT2D eigenvalue weighted by Crippen LogP contribution is -2.06. The molecule has 5 heteroatoms. The zero-order chi connectivity index (χ0) is 12.3. The third kappa shape index (κ3) is 2.34. The molecule has 1 aromatic heterocycles. The van der Waals surface area contributed by atoms with Crippen molar-refractivity contribution in [1.82, 2.24) is 14.8 Å². The van der Waals surface area contributed by atoms with Crippen molar-refractivity contribution >= 4 is 21.9 Å². The Bertz CT molecular complexity index is 507. The largest absolute Gasteiger partial charge is 0.355 e. The highest BCUT2D eigenvalue weighted by Gasteiger charge is 2.13. The molecule has 0 spiro atoms. The molecule has 1 heterocycles. The van der Waals surface area contributed by atoms with E-state index in [1.807, 2.05) is 31.2 Å². The fourth-order valence-corrected chi connectivity index (χ4v) is 2.20. The smallest absolute Gasteiger partial charge is 0.224 e. The maximum absolute atomic E-state index is 4.26. The van der Waals surface area contributed by atoms with Crippen LogP contribution in [0.25, 0.3) is 11.4 Å². The Hall–Kier alpha value is -1.36. The fourth-order valence-electron chi connectivity index (χ4n) is 1.73. The van der Waals surface area contributed by atoms with Crippen molar-refractivity contribution in [1.29, 1.82) is 0 Å². The van der Waals surface area contributed by atoms with Crippen LogP contribution in [0.5, 0.6) is 0 Å². The molecule has 4 nitrogen and oxygen atoms in total. The van der Waals surface area contributed by atoms with Gasteiger partial charge in [0.05, 0.1) is 0 Å². The van der Waals surface area contributed by atoms with E-state index < -0.39 is 0 Å². The van der Waals surface area contributed by atoms with Crippen LogP contribution in [0.15, 0.2) is 28.7 Å². The first-order valence-corrected chi connectivity index (χ1v) is 6.49. The van der Waals surface area contributed by atoms with Crippen molar-refractivity contribution in [2.75, 3.05) is 11.9 Å². The fraction of sp³-hybridized carbons (Fsp3) is 0.333. The highest BCUT2D eigenvalue weighted by Crippen LogP contribution is 2.27. The monoisotopic (exact) mass is 294 g/mol. The van der Waals surface area contributed by atoms with Crippen molar-refractivity contribution in [3.8, 4) is 11.4 Å². The Morgan fingerprint density at radius 1 is 1.24 bits per heavy atom. The summed E-state index contributed by atoms with van der Waals surface area (Å²) in [6.07, 6.45) is 0. The molecule has 0 saturated carbocycles. The van der Waals surface area contributed by atoms with Gasteiger partial charge in [0.25, 0.3) is 0 Å². The van der Waals surface area contributed by atoms with Crippen LogP contribution in [0.4, 0.5) is 5.95 Å². The van der Waals surface area contributed by atoms with Crippen LogP contribution in [-0.2, 0) is 6.54 Å². The third-order valence-corrected chi connectivity index (χ3v) is 3.21. The zero-order valence-electron chi connectivity index (χ0n) is 9.94. The molecule has 1 aromatic carbocycles. The molecule has 0 atom stereocenters. The average molecular weight is 295 g/mol. The summed E-state index contributed by atoms with van der Waals surface area (Å²) in [5.41, 5.74) is 1.06. The molecule has 0 fully saturated rings. The molecular formula is C12H15BrN4. The van der Waals surface area contributed by atoms with E-state index in [0.717, 1.165) is 34.9 Å². The van der Waals surface area contributed by atoms with Crippen LogP contribution >= 0.6 is 15.9 Å². The minimum atomic E-state index is 0.820. The van der Waals surface area contributed by atoms with E-state index in [9.17, 15) is 0 Å². The molecule has 0 bridgehead atoms. The van der Waals surface area contributed by atoms with Crippen LogP contribution in [-0.4, -0.2) is 21.3 Å². The van der Waals surface area contributed by atoms with E-state index in [4.69, 9.17) is 0 Å². The van der Waals surface area contributed by atoms with Gasteiger partial charge in [0.2, 0.25) is 5.95 Å². The van der Waals surface area contributed by atoms with Crippen LogP contribution in [0.2, 0.25) is 0 Å². The molecule has 17 heavy (non-hydrogen) atoms. The minimum Gasteiger partial charge on any atom is -0.355 e. The van der Waals surface area contributed by atoms with Gasteiger partial charge in [-0.3, -0.25) is 4.57 Å². The second-order valence-electron chi connectivity index (χ2n) is 3.60. The second-order valence-corrected chi connectivity index (χ2v) is 4.46. The highest BCUT2D eigenvalue weighted by atomic mass is 79.9. The first kappa shape index (κ1) is 12.1. The Morgan fingerprint density at radius 2 is 2.00 bits per heavy atom. The summed E-state index contributed by atoms with van der Waals surface area (Å²) in [5, 5.41) is 11.6. The predicted molar refractivity (Wildman–Crippen MR) is 73.0 cm³/mol. The van der Waals surface area contributed by atoms with Crippen molar-refractivity contribution in [2.24, 2.45) is 0 Å².